The van der Waals surface area contributed by atoms with Gasteiger partial charge < -0.3 is 5.32 Å². The van der Waals surface area contributed by atoms with E-state index >= 15 is 0 Å². The Morgan fingerprint density at radius 3 is 2.42 bits per heavy atom. The van der Waals surface area contributed by atoms with Gasteiger partial charge in [0.25, 0.3) is 0 Å². The molecule has 0 aliphatic carbocycles. The highest BCUT2D eigenvalue weighted by molar-refractivity contribution is 7.92. The Morgan fingerprint density at radius 2 is 1.89 bits per heavy atom. The molecule has 1 amide bonds. The van der Waals surface area contributed by atoms with Gasteiger partial charge in [-0.3, -0.25) is 9.10 Å². The molecule has 19 heavy (non-hydrogen) atoms. The predicted octanol–water partition coefficient (Wildman–Crippen LogP) is 2.07. The maximum absolute atomic E-state index is 11.8. The summed E-state index contributed by atoms with van der Waals surface area (Å²) < 4.78 is 24.3. The van der Waals surface area contributed by atoms with Gasteiger partial charge in [0.2, 0.25) is 15.9 Å². The molecular weight excluding hydrogens is 264 g/mol. The van der Waals surface area contributed by atoms with Crippen molar-refractivity contribution in [2.45, 2.75) is 20.3 Å². The van der Waals surface area contributed by atoms with Gasteiger partial charge in [0.15, 0.2) is 0 Å². The summed E-state index contributed by atoms with van der Waals surface area (Å²) in [6, 6.07) is 6.83. The molecule has 0 aliphatic heterocycles. The lowest BCUT2D eigenvalue weighted by atomic mass is 10.1. The standard InChI is InChI=1S/C13H20N2O3S/c1-10(2)9-13(16)14-11-7-5-6-8-12(11)15(3)19(4,17)18/h5-8,10H,9H2,1-4H3,(H,14,16). The van der Waals surface area contributed by atoms with E-state index in [1.807, 2.05) is 13.8 Å². The van der Waals surface area contributed by atoms with Crippen molar-refractivity contribution in [3.8, 4) is 0 Å². The minimum absolute atomic E-state index is 0.121. The maximum atomic E-state index is 11.8. The van der Waals surface area contributed by atoms with Crippen molar-refractivity contribution >= 4 is 27.3 Å². The molecule has 0 bridgehead atoms. The zero-order chi connectivity index (χ0) is 14.6. The fraction of sp³-hybridized carbons (Fsp3) is 0.462. The SMILES string of the molecule is CC(C)CC(=O)Nc1ccccc1N(C)S(C)(=O)=O. The van der Waals surface area contributed by atoms with E-state index in [1.54, 1.807) is 24.3 Å². The summed E-state index contributed by atoms with van der Waals surface area (Å²) >= 11 is 0. The largest absolute Gasteiger partial charge is 0.324 e. The van der Waals surface area contributed by atoms with Gasteiger partial charge in [-0.1, -0.05) is 26.0 Å². The molecule has 1 N–H and O–H groups in total. The molecule has 1 aromatic carbocycles. The van der Waals surface area contributed by atoms with E-state index in [1.165, 1.54) is 7.05 Å². The number of amides is 1. The third-order valence-electron chi connectivity index (χ3n) is 2.61. The second kappa shape index (κ2) is 6.06. The second-order valence-corrected chi connectivity index (χ2v) is 6.91. The molecule has 0 fully saturated rings. The molecule has 0 atom stereocenters. The van der Waals surface area contributed by atoms with Crippen LogP contribution in [0.2, 0.25) is 0 Å². The van der Waals surface area contributed by atoms with Crippen LogP contribution in [0.5, 0.6) is 0 Å². The number of rotatable bonds is 5. The van der Waals surface area contributed by atoms with Crippen LogP contribution in [0.25, 0.3) is 0 Å². The van der Waals surface area contributed by atoms with E-state index in [9.17, 15) is 13.2 Å². The average Bonchev–Trinajstić information content (AvgIpc) is 2.26. The number of sulfonamides is 1. The first kappa shape index (κ1) is 15.5. The third-order valence-corrected chi connectivity index (χ3v) is 3.80. The van der Waals surface area contributed by atoms with E-state index in [0.717, 1.165) is 10.6 Å². The van der Waals surface area contributed by atoms with Crippen LogP contribution in [0.15, 0.2) is 24.3 Å². The molecule has 0 saturated carbocycles. The molecule has 0 saturated heterocycles. The lowest BCUT2D eigenvalue weighted by molar-refractivity contribution is -0.116. The maximum Gasteiger partial charge on any atom is 0.232 e. The Bertz CT molecular complexity index is 553. The number of carbonyl (C=O) groups is 1. The minimum atomic E-state index is -3.36. The first-order valence-electron chi connectivity index (χ1n) is 6.04. The zero-order valence-electron chi connectivity index (χ0n) is 11.7. The van der Waals surface area contributed by atoms with E-state index in [-0.39, 0.29) is 11.8 Å². The van der Waals surface area contributed by atoms with Gasteiger partial charge in [0.1, 0.15) is 0 Å². The van der Waals surface area contributed by atoms with Gasteiger partial charge in [-0.05, 0) is 18.1 Å². The fourth-order valence-corrected chi connectivity index (χ4v) is 2.12. The van der Waals surface area contributed by atoms with Crippen molar-refractivity contribution < 1.29 is 13.2 Å². The molecule has 0 aliphatic rings. The highest BCUT2D eigenvalue weighted by Gasteiger charge is 2.16. The molecule has 5 nitrogen and oxygen atoms in total. The molecule has 1 aromatic rings. The first-order chi connectivity index (χ1) is 8.71. The van der Waals surface area contributed by atoms with Crippen molar-refractivity contribution in [1.82, 2.24) is 0 Å². The number of hydrogen-bond donors (Lipinski definition) is 1. The van der Waals surface area contributed by atoms with Gasteiger partial charge in [0, 0.05) is 13.5 Å². The Hall–Kier alpha value is -1.56. The van der Waals surface area contributed by atoms with Crippen LogP contribution in [0.4, 0.5) is 11.4 Å². The van der Waals surface area contributed by atoms with E-state index in [2.05, 4.69) is 5.32 Å². The molecule has 6 heteroatoms. The number of benzene rings is 1. The highest BCUT2D eigenvalue weighted by Crippen LogP contribution is 2.26. The van der Waals surface area contributed by atoms with Gasteiger partial charge in [-0.15, -0.1) is 0 Å². The monoisotopic (exact) mass is 284 g/mol. The van der Waals surface area contributed by atoms with Crippen molar-refractivity contribution in [2.75, 3.05) is 22.9 Å². The number of nitrogens with zero attached hydrogens (tertiary/aromatic N) is 1. The van der Waals surface area contributed by atoms with Crippen LogP contribution in [0.3, 0.4) is 0 Å². The van der Waals surface area contributed by atoms with E-state index in [0.29, 0.717) is 17.8 Å². The summed E-state index contributed by atoms with van der Waals surface area (Å²) in [6.07, 6.45) is 1.52. The van der Waals surface area contributed by atoms with Crippen molar-refractivity contribution in [3.05, 3.63) is 24.3 Å². The topological polar surface area (TPSA) is 66.5 Å². The Labute approximate surface area is 114 Å². The second-order valence-electron chi connectivity index (χ2n) is 4.89. The van der Waals surface area contributed by atoms with Crippen LogP contribution in [0, 0.1) is 5.92 Å². The number of nitrogens with one attached hydrogen (secondary N) is 1. The summed E-state index contributed by atoms with van der Waals surface area (Å²) in [5.41, 5.74) is 0.961. The number of hydrogen-bond acceptors (Lipinski definition) is 3. The smallest absolute Gasteiger partial charge is 0.232 e. The van der Waals surface area contributed by atoms with Gasteiger partial charge in [-0.2, -0.15) is 0 Å². The Morgan fingerprint density at radius 1 is 1.32 bits per heavy atom. The molecule has 106 valence electrons. The van der Waals surface area contributed by atoms with Crippen LogP contribution in [-0.2, 0) is 14.8 Å². The molecule has 0 spiro atoms. The zero-order valence-corrected chi connectivity index (χ0v) is 12.5. The molecule has 1 rings (SSSR count). The van der Waals surface area contributed by atoms with Crippen molar-refractivity contribution in [2.24, 2.45) is 5.92 Å². The molecule has 0 aromatic heterocycles. The first-order valence-corrected chi connectivity index (χ1v) is 7.89. The summed E-state index contributed by atoms with van der Waals surface area (Å²) in [6.45, 7) is 3.90. The lowest BCUT2D eigenvalue weighted by Crippen LogP contribution is -2.26. The molecular formula is C13H20N2O3S. The number of carbonyl (C=O) groups excluding carboxylic acids is 1. The third kappa shape index (κ3) is 4.55. The van der Waals surface area contributed by atoms with Crippen LogP contribution in [0.1, 0.15) is 20.3 Å². The van der Waals surface area contributed by atoms with E-state index in [4.69, 9.17) is 0 Å². The molecule has 0 unspecified atom stereocenters. The quantitative estimate of drug-likeness (QED) is 0.900. The van der Waals surface area contributed by atoms with Gasteiger partial charge >= 0.3 is 0 Å². The minimum Gasteiger partial charge on any atom is -0.324 e. The Kier molecular flexibility index (Phi) is 4.94. The average molecular weight is 284 g/mol. The number of anilines is 2. The predicted molar refractivity (Wildman–Crippen MR) is 77.8 cm³/mol. The molecule has 0 heterocycles. The van der Waals surface area contributed by atoms with Gasteiger partial charge in [-0.25, -0.2) is 8.42 Å². The summed E-state index contributed by atoms with van der Waals surface area (Å²) in [5.74, 6) is 0.129. The summed E-state index contributed by atoms with van der Waals surface area (Å²) in [4.78, 5) is 11.8. The lowest BCUT2D eigenvalue weighted by Gasteiger charge is -2.20. The van der Waals surface area contributed by atoms with Crippen LogP contribution < -0.4 is 9.62 Å². The summed E-state index contributed by atoms with van der Waals surface area (Å²) in [7, 11) is -1.89. The van der Waals surface area contributed by atoms with E-state index < -0.39 is 10.0 Å². The fourth-order valence-electron chi connectivity index (χ4n) is 1.60. The van der Waals surface area contributed by atoms with Crippen LogP contribution in [-0.4, -0.2) is 27.6 Å². The summed E-state index contributed by atoms with van der Waals surface area (Å²) in [5, 5.41) is 2.75. The highest BCUT2D eigenvalue weighted by atomic mass is 32.2. The molecule has 0 radical (unpaired) electrons. The normalized spacial score (nSPS) is 11.4. The van der Waals surface area contributed by atoms with Crippen molar-refractivity contribution in [3.63, 3.8) is 0 Å². The number of para-hydroxylation sites is 2. The van der Waals surface area contributed by atoms with Gasteiger partial charge in [0.05, 0.1) is 17.6 Å². The van der Waals surface area contributed by atoms with Crippen LogP contribution >= 0.6 is 0 Å². The van der Waals surface area contributed by atoms with Crippen molar-refractivity contribution in [1.29, 1.82) is 0 Å². The Balaban J connectivity index is 3.00.